The minimum Gasteiger partial charge on any atom is -0.550 e. The molecule has 3 N–H and O–H groups in total. The van der Waals surface area contributed by atoms with Gasteiger partial charge in [0.2, 0.25) is 0 Å². The average Bonchev–Trinajstić information content (AvgIpc) is 3.09. The van der Waals surface area contributed by atoms with E-state index in [1.54, 1.807) is 47.9 Å². The van der Waals surface area contributed by atoms with E-state index < -0.39 is 36.3 Å². The van der Waals surface area contributed by atoms with E-state index in [4.69, 9.17) is 0 Å². The van der Waals surface area contributed by atoms with Crippen molar-refractivity contribution < 1.29 is 58.9 Å². The van der Waals surface area contributed by atoms with Crippen LogP contribution in [-0.2, 0) is 11.3 Å². The molecule has 10 heteroatoms. The number of hydrogen-bond acceptors (Lipinski definition) is 6. The van der Waals surface area contributed by atoms with Crippen LogP contribution in [0.4, 0.5) is 10.1 Å². The Morgan fingerprint density at radius 2 is 1.74 bits per heavy atom. The minimum absolute atomic E-state index is 0. The van der Waals surface area contributed by atoms with Gasteiger partial charge in [-0.15, -0.1) is 0 Å². The summed E-state index contributed by atoms with van der Waals surface area (Å²) in [6, 6.07) is 14.6. The SMILES string of the molecule is Cc1c(C(=O)Nc2ccccc2)nc(-c2ccc(F)cc2)n1CC[C@@H](O)C[C@@H](O)CC(=O)[O-].[Na+]. The molecular weight excluding hydrogens is 452 g/mol. The van der Waals surface area contributed by atoms with Crippen LogP contribution in [0.25, 0.3) is 11.4 Å². The third-order valence-corrected chi connectivity index (χ3v) is 5.20. The number of benzene rings is 2. The first-order valence-corrected chi connectivity index (χ1v) is 10.5. The summed E-state index contributed by atoms with van der Waals surface area (Å²) >= 11 is 0. The summed E-state index contributed by atoms with van der Waals surface area (Å²) in [6.45, 7) is 1.96. The average molecular weight is 477 g/mol. The van der Waals surface area contributed by atoms with E-state index in [0.29, 0.717) is 22.8 Å². The molecule has 0 unspecified atom stereocenters. The third-order valence-electron chi connectivity index (χ3n) is 5.20. The Labute approximate surface area is 218 Å². The summed E-state index contributed by atoms with van der Waals surface area (Å²) in [4.78, 5) is 28.0. The number of aliphatic hydroxyl groups excluding tert-OH is 2. The zero-order chi connectivity index (χ0) is 24.0. The number of aromatic nitrogens is 2. The summed E-state index contributed by atoms with van der Waals surface area (Å²) in [6.07, 6.45) is -2.72. The molecule has 0 spiro atoms. The van der Waals surface area contributed by atoms with Crippen LogP contribution in [0, 0.1) is 12.7 Å². The van der Waals surface area contributed by atoms with Crippen molar-refractivity contribution in [1.29, 1.82) is 0 Å². The minimum atomic E-state index is -1.40. The molecule has 1 aromatic heterocycles. The van der Waals surface area contributed by atoms with Crippen LogP contribution in [-0.4, -0.2) is 43.8 Å². The molecule has 3 aromatic rings. The first-order valence-electron chi connectivity index (χ1n) is 10.5. The molecule has 2 aromatic carbocycles. The summed E-state index contributed by atoms with van der Waals surface area (Å²) in [5.41, 5.74) is 1.93. The van der Waals surface area contributed by atoms with Gasteiger partial charge >= 0.3 is 29.6 Å². The van der Waals surface area contributed by atoms with Crippen LogP contribution in [0.2, 0.25) is 0 Å². The van der Waals surface area contributed by atoms with Crippen molar-refractivity contribution >= 4 is 17.6 Å². The summed E-state index contributed by atoms with van der Waals surface area (Å²) in [5.74, 6) is -1.79. The van der Waals surface area contributed by atoms with Gasteiger partial charge in [0.05, 0.1) is 12.2 Å². The van der Waals surface area contributed by atoms with E-state index in [2.05, 4.69) is 10.3 Å². The quantitative estimate of drug-likeness (QED) is 0.318. The third kappa shape index (κ3) is 7.48. The molecule has 3 rings (SSSR count). The topological polar surface area (TPSA) is 128 Å². The Morgan fingerprint density at radius 1 is 1.09 bits per heavy atom. The summed E-state index contributed by atoms with van der Waals surface area (Å²) < 4.78 is 15.2. The number of anilines is 1. The molecule has 0 aliphatic carbocycles. The molecule has 1 amide bonds. The van der Waals surface area contributed by atoms with Crippen molar-refractivity contribution in [1.82, 2.24) is 9.55 Å². The van der Waals surface area contributed by atoms with Crippen molar-refractivity contribution in [3.05, 3.63) is 71.8 Å². The van der Waals surface area contributed by atoms with Crippen LogP contribution in [0.1, 0.15) is 35.4 Å². The number of nitrogens with zero attached hydrogens (tertiary/aromatic N) is 2. The standard InChI is InChI=1S/C24H26FN3O5.Na/c1-15-22(24(33)26-18-5-3-2-4-6-18)27-23(16-7-9-17(25)10-8-16)28(15)12-11-19(29)13-20(30)14-21(31)32;/h2-10,19-20,29-30H,11-14H2,1H3,(H,26,33)(H,31,32);/q;+1/p-1/t19-,20-;/m1./s1. The zero-order valence-corrected chi connectivity index (χ0v) is 21.1. The van der Waals surface area contributed by atoms with Crippen molar-refractivity contribution in [2.24, 2.45) is 0 Å². The fourth-order valence-electron chi connectivity index (χ4n) is 3.54. The molecule has 2 atom stereocenters. The van der Waals surface area contributed by atoms with Gasteiger partial charge in [0.1, 0.15) is 17.3 Å². The van der Waals surface area contributed by atoms with E-state index in [1.165, 1.54) is 12.1 Å². The van der Waals surface area contributed by atoms with Gasteiger partial charge < -0.3 is 30.0 Å². The van der Waals surface area contributed by atoms with Crippen LogP contribution >= 0.6 is 0 Å². The number of carboxylic acids is 1. The molecule has 0 saturated carbocycles. The number of para-hydroxylation sites is 1. The predicted molar refractivity (Wildman–Crippen MR) is 118 cm³/mol. The molecule has 0 saturated heterocycles. The maximum atomic E-state index is 13.4. The number of hydrogen-bond donors (Lipinski definition) is 3. The first-order chi connectivity index (χ1) is 15.7. The van der Waals surface area contributed by atoms with Gasteiger partial charge in [0.15, 0.2) is 0 Å². The van der Waals surface area contributed by atoms with Crippen LogP contribution < -0.4 is 40.0 Å². The van der Waals surface area contributed by atoms with Gasteiger partial charge in [-0.25, -0.2) is 9.37 Å². The summed E-state index contributed by atoms with van der Waals surface area (Å²) in [7, 11) is 0. The number of carbonyl (C=O) groups is 2. The Morgan fingerprint density at radius 3 is 2.35 bits per heavy atom. The molecule has 8 nitrogen and oxygen atoms in total. The number of aliphatic hydroxyl groups is 2. The van der Waals surface area contributed by atoms with E-state index >= 15 is 0 Å². The van der Waals surface area contributed by atoms with Crippen molar-refractivity contribution in [3.63, 3.8) is 0 Å². The molecule has 0 aliphatic heterocycles. The fourth-order valence-corrected chi connectivity index (χ4v) is 3.54. The number of amides is 1. The Balaban J connectivity index is 0.00000408. The molecule has 0 bridgehead atoms. The fraction of sp³-hybridized carbons (Fsp3) is 0.292. The van der Waals surface area contributed by atoms with Gasteiger partial charge in [-0.1, -0.05) is 18.2 Å². The van der Waals surface area contributed by atoms with Crippen molar-refractivity contribution in [2.45, 2.75) is 44.9 Å². The second-order valence-corrected chi connectivity index (χ2v) is 7.76. The number of carbonyl (C=O) groups excluding carboxylic acids is 2. The van der Waals surface area contributed by atoms with Gasteiger partial charge in [0.25, 0.3) is 5.91 Å². The van der Waals surface area contributed by atoms with Gasteiger partial charge in [0, 0.05) is 35.9 Å². The number of nitrogens with one attached hydrogen (secondary N) is 1. The van der Waals surface area contributed by atoms with Crippen molar-refractivity contribution in [3.8, 4) is 11.4 Å². The molecule has 0 aliphatic rings. The van der Waals surface area contributed by atoms with E-state index in [-0.39, 0.29) is 54.6 Å². The second kappa shape index (κ2) is 12.8. The second-order valence-electron chi connectivity index (χ2n) is 7.76. The molecule has 34 heavy (non-hydrogen) atoms. The number of rotatable bonds is 10. The normalized spacial score (nSPS) is 12.5. The Bertz CT molecular complexity index is 1110. The number of imidazole rings is 1. The van der Waals surface area contributed by atoms with Crippen LogP contribution in [0.15, 0.2) is 54.6 Å². The zero-order valence-electron chi connectivity index (χ0n) is 19.1. The number of aliphatic carboxylic acids is 1. The maximum Gasteiger partial charge on any atom is 1.00 e. The monoisotopic (exact) mass is 477 g/mol. The van der Waals surface area contributed by atoms with E-state index in [1.807, 2.05) is 6.07 Å². The molecular formula is C24H25FN3NaO5. The van der Waals surface area contributed by atoms with Gasteiger partial charge in [-0.2, -0.15) is 0 Å². The smallest absolute Gasteiger partial charge is 0.550 e. The molecule has 174 valence electrons. The van der Waals surface area contributed by atoms with E-state index in [9.17, 15) is 29.3 Å². The van der Waals surface area contributed by atoms with Crippen LogP contribution in [0.3, 0.4) is 0 Å². The maximum absolute atomic E-state index is 13.4. The Kier molecular flexibility index (Phi) is 10.4. The van der Waals surface area contributed by atoms with E-state index in [0.717, 1.165) is 0 Å². The number of halogens is 1. The predicted octanol–water partition coefficient (Wildman–Crippen LogP) is -1.10. The molecule has 1 heterocycles. The largest absolute Gasteiger partial charge is 1.00 e. The van der Waals surface area contributed by atoms with Crippen LogP contribution in [0.5, 0.6) is 0 Å². The van der Waals surface area contributed by atoms with Gasteiger partial charge in [-0.05, 0) is 56.2 Å². The molecule has 0 fully saturated rings. The van der Waals surface area contributed by atoms with Crippen molar-refractivity contribution in [2.75, 3.05) is 5.32 Å². The van der Waals surface area contributed by atoms with Gasteiger partial charge in [-0.3, -0.25) is 4.79 Å². The Hall–Kier alpha value is -2.56. The summed E-state index contributed by atoms with van der Waals surface area (Å²) in [5, 5.41) is 33.4. The first kappa shape index (κ1) is 27.7. The molecule has 0 radical (unpaired) electrons. The number of carboxylic acid groups (broad SMARTS) is 1.